The number of carbonyl (C=O) groups is 1. The van der Waals surface area contributed by atoms with E-state index in [1.807, 2.05) is 6.07 Å². The lowest BCUT2D eigenvalue weighted by atomic mass is 10.2. The third-order valence-electron chi connectivity index (χ3n) is 3.73. The monoisotopic (exact) mass is 301 g/mol. The number of benzene rings is 1. The number of nitrogens with zero attached hydrogens (tertiary/aromatic N) is 2. The van der Waals surface area contributed by atoms with E-state index in [0.29, 0.717) is 6.54 Å². The van der Waals surface area contributed by atoms with Crippen LogP contribution in [0.15, 0.2) is 47.1 Å². The van der Waals surface area contributed by atoms with E-state index in [-0.39, 0.29) is 23.4 Å². The van der Waals surface area contributed by atoms with Crippen molar-refractivity contribution in [3.8, 4) is 0 Å². The first-order valence-corrected chi connectivity index (χ1v) is 7.01. The van der Waals surface area contributed by atoms with Gasteiger partial charge < -0.3 is 14.6 Å². The van der Waals surface area contributed by atoms with Crippen LogP contribution in [-0.4, -0.2) is 22.4 Å². The maximum Gasteiger partial charge on any atom is 0.322 e. The largest absolute Gasteiger partial charge is 0.467 e. The summed E-state index contributed by atoms with van der Waals surface area (Å²) in [5.41, 5.74) is 0.0761. The van der Waals surface area contributed by atoms with Crippen molar-refractivity contribution in [2.45, 2.75) is 18.9 Å². The standard InChI is InChI=1S/C15H15N3O4/c19-15(16-11-5-1-2-6-12(11)18(20)21)17-9-3-7-13(17)14-8-4-10-22-14/h1-2,4-6,8,10,13H,3,7,9H2,(H,16,19)/t13-/m1/s1. The van der Waals surface area contributed by atoms with E-state index in [1.54, 1.807) is 29.4 Å². The van der Waals surface area contributed by atoms with Crippen LogP contribution in [-0.2, 0) is 0 Å². The molecule has 114 valence electrons. The minimum atomic E-state index is -0.510. The molecule has 1 aromatic heterocycles. The number of anilines is 1. The second kappa shape index (κ2) is 5.88. The normalized spacial score (nSPS) is 17.5. The van der Waals surface area contributed by atoms with Gasteiger partial charge in [0.25, 0.3) is 5.69 Å². The topological polar surface area (TPSA) is 88.6 Å². The predicted octanol–water partition coefficient (Wildman–Crippen LogP) is 3.56. The molecule has 2 heterocycles. The highest BCUT2D eigenvalue weighted by Gasteiger charge is 2.32. The summed E-state index contributed by atoms with van der Waals surface area (Å²) in [6.45, 7) is 0.595. The van der Waals surface area contributed by atoms with E-state index >= 15 is 0 Å². The van der Waals surface area contributed by atoms with Gasteiger partial charge in [-0.3, -0.25) is 10.1 Å². The molecule has 2 aromatic rings. The number of furan rings is 1. The smallest absolute Gasteiger partial charge is 0.322 e. The van der Waals surface area contributed by atoms with Crippen LogP contribution in [0.3, 0.4) is 0 Å². The molecule has 0 unspecified atom stereocenters. The first kappa shape index (κ1) is 14.1. The number of hydrogen-bond donors (Lipinski definition) is 1. The van der Waals surface area contributed by atoms with Crippen molar-refractivity contribution in [3.63, 3.8) is 0 Å². The van der Waals surface area contributed by atoms with Crippen molar-refractivity contribution in [2.75, 3.05) is 11.9 Å². The molecule has 0 aliphatic carbocycles. The van der Waals surface area contributed by atoms with Gasteiger partial charge in [-0.15, -0.1) is 0 Å². The second-order valence-electron chi connectivity index (χ2n) is 5.07. The van der Waals surface area contributed by atoms with Crippen LogP contribution in [0.2, 0.25) is 0 Å². The van der Waals surface area contributed by atoms with Gasteiger partial charge in [-0.1, -0.05) is 12.1 Å². The van der Waals surface area contributed by atoms with Gasteiger partial charge in [0.05, 0.1) is 17.2 Å². The van der Waals surface area contributed by atoms with Crippen LogP contribution in [0, 0.1) is 10.1 Å². The van der Waals surface area contributed by atoms with Crippen molar-refractivity contribution >= 4 is 17.4 Å². The maximum atomic E-state index is 12.4. The molecule has 7 heteroatoms. The molecule has 1 saturated heterocycles. The summed E-state index contributed by atoms with van der Waals surface area (Å²) >= 11 is 0. The van der Waals surface area contributed by atoms with Crippen LogP contribution in [0.5, 0.6) is 0 Å². The molecule has 3 rings (SSSR count). The number of para-hydroxylation sites is 2. The van der Waals surface area contributed by atoms with Gasteiger partial charge >= 0.3 is 6.03 Å². The summed E-state index contributed by atoms with van der Waals surface area (Å²) in [5, 5.41) is 13.6. The minimum Gasteiger partial charge on any atom is -0.467 e. The number of amides is 2. The molecule has 1 aliphatic rings. The summed E-state index contributed by atoms with van der Waals surface area (Å²) in [7, 11) is 0. The van der Waals surface area contributed by atoms with Gasteiger partial charge in [0.15, 0.2) is 0 Å². The quantitative estimate of drug-likeness (QED) is 0.693. The number of nitro benzene ring substituents is 1. The Balaban J connectivity index is 1.79. The molecule has 0 bridgehead atoms. The summed E-state index contributed by atoms with van der Waals surface area (Å²) < 4.78 is 5.38. The number of urea groups is 1. The van der Waals surface area contributed by atoms with E-state index in [1.165, 1.54) is 12.1 Å². The van der Waals surface area contributed by atoms with E-state index in [9.17, 15) is 14.9 Å². The van der Waals surface area contributed by atoms with Gasteiger partial charge in [-0.25, -0.2) is 4.79 Å². The van der Waals surface area contributed by atoms with Gasteiger partial charge in [0.2, 0.25) is 0 Å². The predicted molar refractivity (Wildman–Crippen MR) is 79.5 cm³/mol. The van der Waals surface area contributed by atoms with Gasteiger partial charge in [0.1, 0.15) is 11.4 Å². The zero-order valence-corrected chi connectivity index (χ0v) is 11.8. The highest BCUT2D eigenvalue weighted by atomic mass is 16.6. The van der Waals surface area contributed by atoms with Crippen molar-refractivity contribution in [2.24, 2.45) is 0 Å². The van der Waals surface area contributed by atoms with E-state index < -0.39 is 4.92 Å². The number of likely N-dealkylation sites (tertiary alicyclic amines) is 1. The molecule has 22 heavy (non-hydrogen) atoms. The number of rotatable bonds is 3. The zero-order valence-electron chi connectivity index (χ0n) is 11.8. The van der Waals surface area contributed by atoms with Gasteiger partial charge in [-0.05, 0) is 31.0 Å². The van der Waals surface area contributed by atoms with Gasteiger partial charge in [0, 0.05) is 12.6 Å². The summed E-state index contributed by atoms with van der Waals surface area (Å²) in [5.74, 6) is 0.732. The first-order valence-electron chi connectivity index (χ1n) is 7.01. The number of hydrogen-bond acceptors (Lipinski definition) is 4. The Morgan fingerprint density at radius 2 is 2.14 bits per heavy atom. The lowest BCUT2D eigenvalue weighted by molar-refractivity contribution is -0.383. The minimum absolute atomic E-state index is 0.121. The fourth-order valence-corrected chi connectivity index (χ4v) is 2.71. The summed E-state index contributed by atoms with van der Waals surface area (Å²) in [6, 6.07) is 9.24. The Morgan fingerprint density at radius 3 is 2.86 bits per heavy atom. The molecule has 1 N–H and O–H groups in total. The average molecular weight is 301 g/mol. The maximum absolute atomic E-state index is 12.4. The lowest BCUT2D eigenvalue weighted by Gasteiger charge is -2.23. The van der Waals surface area contributed by atoms with Crippen molar-refractivity contribution in [3.05, 3.63) is 58.5 Å². The Hall–Kier alpha value is -2.83. The van der Waals surface area contributed by atoms with Crippen LogP contribution in [0.4, 0.5) is 16.2 Å². The molecular weight excluding hydrogens is 286 g/mol. The van der Waals surface area contributed by atoms with Crippen LogP contribution >= 0.6 is 0 Å². The molecule has 1 fully saturated rings. The van der Waals surface area contributed by atoms with Crippen molar-refractivity contribution < 1.29 is 14.1 Å². The Labute approximate surface area is 126 Å². The molecule has 1 atom stereocenters. The van der Waals surface area contributed by atoms with Crippen LogP contribution in [0.25, 0.3) is 0 Å². The Kier molecular flexibility index (Phi) is 3.78. The molecule has 1 aliphatic heterocycles. The molecule has 2 amide bonds. The molecular formula is C15H15N3O4. The average Bonchev–Trinajstić information content (AvgIpc) is 3.18. The van der Waals surface area contributed by atoms with Crippen LogP contribution in [0.1, 0.15) is 24.6 Å². The van der Waals surface area contributed by atoms with E-state index in [4.69, 9.17) is 4.42 Å². The van der Waals surface area contributed by atoms with Crippen LogP contribution < -0.4 is 5.32 Å². The number of nitro groups is 1. The highest BCUT2D eigenvalue weighted by molar-refractivity contribution is 5.92. The molecule has 0 radical (unpaired) electrons. The highest BCUT2D eigenvalue weighted by Crippen LogP contribution is 2.33. The lowest BCUT2D eigenvalue weighted by Crippen LogP contribution is -2.34. The second-order valence-corrected chi connectivity index (χ2v) is 5.07. The molecule has 7 nitrogen and oxygen atoms in total. The molecule has 1 aromatic carbocycles. The van der Waals surface area contributed by atoms with E-state index in [2.05, 4.69) is 5.32 Å². The number of carbonyl (C=O) groups excluding carboxylic acids is 1. The van der Waals surface area contributed by atoms with E-state index in [0.717, 1.165) is 18.6 Å². The first-order chi connectivity index (χ1) is 10.7. The fraction of sp³-hybridized carbons (Fsp3) is 0.267. The molecule has 0 saturated carbocycles. The third-order valence-corrected chi connectivity index (χ3v) is 3.73. The molecule has 0 spiro atoms. The zero-order chi connectivity index (χ0) is 15.5. The van der Waals surface area contributed by atoms with Gasteiger partial charge in [-0.2, -0.15) is 0 Å². The van der Waals surface area contributed by atoms with Crippen molar-refractivity contribution in [1.82, 2.24) is 4.90 Å². The fourth-order valence-electron chi connectivity index (χ4n) is 2.71. The SMILES string of the molecule is O=C(Nc1ccccc1[N+](=O)[O-])N1CCC[C@@H]1c1ccco1. The van der Waals surface area contributed by atoms with Crippen molar-refractivity contribution in [1.29, 1.82) is 0 Å². The third kappa shape index (κ3) is 2.65. The Morgan fingerprint density at radius 1 is 1.32 bits per heavy atom. The number of nitrogens with one attached hydrogen (secondary N) is 1. The Bertz CT molecular complexity index is 684. The summed E-state index contributed by atoms with van der Waals surface area (Å²) in [6.07, 6.45) is 3.26. The summed E-state index contributed by atoms with van der Waals surface area (Å²) in [4.78, 5) is 24.6.